The van der Waals surface area contributed by atoms with Crippen LogP contribution in [0.4, 0.5) is 43.9 Å². The highest BCUT2D eigenvalue weighted by Crippen LogP contribution is 2.46. The van der Waals surface area contributed by atoms with Gasteiger partial charge in [-0.05, 0) is 17.7 Å². The van der Waals surface area contributed by atoms with Gasteiger partial charge in [0.25, 0.3) is 0 Å². The first kappa shape index (κ1) is 28.2. The molecule has 5 nitrogen and oxygen atoms in total. The molecular weight excluding hydrogens is 530 g/mol. The average molecular weight is 541 g/mol. The van der Waals surface area contributed by atoms with Crippen LogP contribution < -0.4 is 9.47 Å². The summed E-state index contributed by atoms with van der Waals surface area (Å²) in [5.74, 6) is -32.3. The molecule has 35 heavy (non-hydrogen) atoms. The molecule has 0 aliphatic rings. The summed E-state index contributed by atoms with van der Waals surface area (Å²) in [6.07, 6.45) is 1.34. The van der Waals surface area contributed by atoms with Gasteiger partial charge in [-0.15, -0.1) is 0 Å². The summed E-state index contributed by atoms with van der Waals surface area (Å²) in [6.45, 7) is -1.86. The predicted molar refractivity (Wildman–Crippen MR) is 96.6 cm³/mol. The van der Waals surface area contributed by atoms with Gasteiger partial charge in [0.2, 0.25) is 11.6 Å². The largest absolute Gasteiger partial charge is 0.744 e. The van der Waals surface area contributed by atoms with Crippen molar-refractivity contribution >= 4 is 16.2 Å². The van der Waals surface area contributed by atoms with Crippen LogP contribution in [0.2, 0.25) is 0 Å². The third-order valence-electron chi connectivity index (χ3n) is 4.29. The van der Waals surface area contributed by atoms with Crippen LogP contribution in [-0.2, 0) is 10.1 Å². The van der Waals surface area contributed by atoms with Crippen LogP contribution >= 0.6 is 0 Å². The second-order valence-electron chi connectivity index (χ2n) is 6.70. The molecule has 0 amide bonds. The summed E-state index contributed by atoms with van der Waals surface area (Å²) in [7, 11) is -6.17. The van der Waals surface area contributed by atoms with Crippen molar-refractivity contribution in [3.05, 3.63) is 59.7 Å². The Morgan fingerprint density at radius 3 is 1.63 bits per heavy atom. The Morgan fingerprint density at radius 2 is 1.23 bits per heavy atom. The van der Waals surface area contributed by atoms with Crippen molar-refractivity contribution < 1.29 is 66.3 Å². The van der Waals surface area contributed by atoms with E-state index in [1.165, 1.54) is 18.2 Å². The zero-order valence-corrected chi connectivity index (χ0v) is 17.6. The van der Waals surface area contributed by atoms with Crippen molar-refractivity contribution in [2.75, 3.05) is 13.2 Å². The number of benzene rings is 2. The van der Waals surface area contributed by atoms with Crippen LogP contribution in [0, 0.1) is 23.3 Å². The lowest BCUT2D eigenvalue weighted by Gasteiger charge is -2.32. The van der Waals surface area contributed by atoms with Gasteiger partial charge in [-0.2, -0.15) is 35.1 Å². The van der Waals surface area contributed by atoms with Crippen LogP contribution in [0.5, 0.6) is 11.5 Å². The lowest BCUT2D eigenvalue weighted by molar-refractivity contribution is -0.320. The molecule has 0 saturated heterocycles. The fraction of sp³-hybridized carbons (Fsp3) is 0.263. The molecule has 2 aromatic carbocycles. The van der Waals surface area contributed by atoms with Gasteiger partial charge in [0.15, 0.2) is 30.6 Å². The summed E-state index contributed by atoms with van der Waals surface area (Å²) in [5.41, 5.74) is 0.478. The Bertz CT molecular complexity index is 1180. The number of rotatable bonds is 10. The van der Waals surface area contributed by atoms with Gasteiger partial charge in [0.05, 0.1) is 0 Å². The molecule has 0 saturated carbocycles. The number of halogens is 10. The Kier molecular flexibility index (Phi) is 7.71. The molecule has 2 aromatic rings. The molecule has 16 heteroatoms. The minimum Gasteiger partial charge on any atom is -0.744 e. The Balaban J connectivity index is 2.27. The molecule has 0 spiro atoms. The first-order valence-electron chi connectivity index (χ1n) is 8.80. The van der Waals surface area contributed by atoms with E-state index in [0.717, 1.165) is 12.1 Å². The molecular formula is C19H11F10O5S-. The number of hydrogen-bond donors (Lipinski definition) is 0. The van der Waals surface area contributed by atoms with E-state index in [4.69, 9.17) is 0 Å². The highest BCUT2D eigenvalue weighted by molar-refractivity contribution is 7.85. The summed E-state index contributed by atoms with van der Waals surface area (Å²) in [6, 6.07) is 4.61. The van der Waals surface area contributed by atoms with Crippen molar-refractivity contribution in [3.63, 3.8) is 0 Å². The van der Waals surface area contributed by atoms with Crippen molar-refractivity contribution in [1.82, 2.24) is 0 Å². The standard InChI is InChI=1S/C19H12F10O5S/c1-2-9-3-5-10(6-4-9)33-7-17(24,25)19(28,29)18(26,27)8-34-15-11(20)13(22)16(35(30,31)32)14(23)12(15)21/h2-6H,1,7-8H2,(H,30,31,32)/p-1. The first-order chi connectivity index (χ1) is 15.9. The monoisotopic (exact) mass is 541 g/mol. The first-order valence-corrected chi connectivity index (χ1v) is 10.2. The molecule has 194 valence electrons. The van der Waals surface area contributed by atoms with Gasteiger partial charge in [0.1, 0.15) is 20.8 Å². The third kappa shape index (κ3) is 5.47. The lowest BCUT2D eigenvalue weighted by Crippen LogP contribution is -2.58. The van der Waals surface area contributed by atoms with E-state index < -0.39 is 80.8 Å². The van der Waals surface area contributed by atoms with Crippen molar-refractivity contribution in [1.29, 1.82) is 0 Å². The molecule has 0 N–H and O–H groups in total. The molecule has 0 radical (unpaired) electrons. The fourth-order valence-corrected chi connectivity index (χ4v) is 3.04. The maximum absolute atomic E-state index is 14.0. The normalized spacial score (nSPS) is 13.0. The highest BCUT2D eigenvalue weighted by atomic mass is 32.2. The summed E-state index contributed by atoms with van der Waals surface area (Å²) < 4.78 is 179. The van der Waals surface area contributed by atoms with Gasteiger partial charge in [-0.3, -0.25) is 0 Å². The predicted octanol–water partition coefficient (Wildman–Crippen LogP) is 5.15. The van der Waals surface area contributed by atoms with E-state index >= 15 is 0 Å². The van der Waals surface area contributed by atoms with Gasteiger partial charge in [-0.1, -0.05) is 24.8 Å². The van der Waals surface area contributed by atoms with Crippen LogP contribution in [-0.4, -0.2) is 44.0 Å². The molecule has 0 bridgehead atoms. The topological polar surface area (TPSA) is 75.7 Å². The fourth-order valence-electron chi connectivity index (χ4n) is 2.42. The van der Waals surface area contributed by atoms with Crippen molar-refractivity contribution in [2.24, 2.45) is 0 Å². The van der Waals surface area contributed by atoms with Gasteiger partial charge >= 0.3 is 17.8 Å². The SMILES string of the molecule is C=Cc1ccc(OCC(F)(F)C(F)(F)C(F)(F)COc2c(F)c(F)c(S(=O)(=O)[O-])c(F)c2F)cc1. The van der Waals surface area contributed by atoms with Crippen LogP contribution in [0.3, 0.4) is 0 Å². The second-order valence-corrected chi connectivity index (χ2v) is 8.02. The second kappa shape index (κ2) is 9.56. The number of ether oxygens (including phenoxy) is 2. The lowest BCUT2D eigenvalue weighted by atomic mass is 10.1. The van der Waals surface area contributed by atoms with E-state index in [0.29, 0.717) is 5.56 Å². The van der Waals surface area contributed by atoms with E-state index in [2.05, 4.69) is 16.1 Å². The summed E-state index contributed by atoms with van der Waals surface area (Å²) >= 11 is 0. The Hall–Kier alpha value is -3.01. The van der Waals surface area contributed by atoms with E-state index in [1.807, 2.05) is 0 Å². The maximum atomic E-state index is 14.0. The third-order valence-corrected chi connectivity index (χ3v) is 5.14. The van der Waals surface area contributed by atoms with Crippen molar-refractivity contribution in [3.8, 4) is 11.5 Å². The zero-order chi connectivity index (χ0) is 27.0. The molecule has 0 aliphatic heterocycles. The average Bonchev–Trinajstić information content (AvgIpc) is 2.75. The maximum Gasteiger partial charge on any atom is 0.378 e. The molecule has 0 unspecified atom stereocenters. The molecule has 0 aliphatic carbocycles. The molecule has 0 aromatic heterocycles. The van der Waals surface area contributed by atoms with Crippen LogP contribution in [0.25, 0.3) is 6.08 Å². The molecule has 0 atom stereocenters. The molecule has 0 heterocycles. The Morgan fingerprint density at radius 1 is 0.800 bits per heavy atom. The van der Waals surface area contributed by atoms with Crippen LogP contribution in [0.1, 0.15) is 5.56 Å². The minimum absolute atomic E-state index is 0.422. The van der Waals surface area contributed by atoms with E-state index in [1.54, 1.807) is 0 Å². The van der Waals surface area contributed by atoms with E-state index in [-0.39, 0.29) is 0 Å². The zero-order valence-electron chi connectivity index (χ0n) is 16.7. The number of hydrogen-bond acceptors (Lipinski definition) is 5. The Labute approximate surface area is 190 Å². The molecule has 0 fully saturated rings. The molecule has 2 rings (SSSR count). The smallest absolute Gasteiger partial charge is 0.378 e. The van der Waals surface area contributed by atoms with Gasteiger partial charge in [-0.25, -0.2) is 17.2 Å². The van der Waals surface area contributed by atoms with Gasteiger partial charge in [0, 0.05) is 0 Å². The van der Waals surface area contributed by atoms with Crippen LogP contribution in [0.15, 0.2) is 35.7 Å². The summed E-state index contributed by atoms with van der Waals surface area (Å²) in [4.78, 5) is -2.68. The minimum atomic E-state index is -6.30. The van der Waals surface area contributed by atoms with Crippen molar-refractivity contribution in [2.45, 2.75) is 22.7 Å². The number of alkyl halides is 6. The van der Waals surface area contributed by atoms with Gasteiger partial charge < -0.3 is 14.0 Å². The van der Waals surface area contributed by atoms with E-state index in [9.17, 15) is 56.9 Å². The summed E-state index contributed by atoms with van der Waals surface area (Å²) in [5, 5.41) is 0. The highest BCUT2D eigenvalue weighted by Gasteiger charge is 2.72. The quantitative estimate of drug-likeness (QED) is 0.236.